The third-order valence-electron chi connectivity index (χ3n) is 6.39. The molecule has 2 N–H and O–H groups in total. The average Bonchev–Trinajstić information content (AvgIpc) is 2.78. The van der Waals surface area contributed by atoms with Gasteiger partial charge in [0.2, 0.25) is 0 Å². The van der Waals surface area contributed by atoms with E-state index in [0.717, 1.165) is 38.5 Å². The van der Waals surface area contributed by atoms with Gasteiger partial charge < -0.3 is 10.4 Å². The Morgan fingerprint density at radius 1 is 0.750 bits per heavy atom. The largest absolute Gasteiger partial charge is 0.698 e. The number of nitrogens with zero attached hydrogens (tertiary/aromatic N) is 2. The Bertz CT molecular complexity index is 511. The zero-order chi connectivity index (χ0) is 24.4. The van der Waals surface area contributed by atoms with Crippen LogP contribution in [0.4, 0.5) is 0 Å². The van der Waals surface area contributed by atoms with Crippen molar-refractivity contribution in [1.29, 1.82) is 0 Å². The monoisotopic (exact) mass is 475 g/mol. The molecule has 188 valence electrons. The minimum absolute atomic E-state index is 0.470. The maximum atomic E-state index is 12.4. The van der Waals surface area contributed by atoms with Crippen LogP contribution >= 0.6 is 8.25 Å². The van der Waals surface area contributed by atoms with Crippen molar-refractivity contribution in [1.82, 2.24) is 0 Å². The molecule has 0 aromatic rings. The van der Waals surface area contributed by atoms with Crippen molar-refractivity contribution < 1.29 is 24.0 Å². The van der Waals surface area contributed by atoms with Crippen molar-refractivity contribution in [3.05, 3.63) is 0 Å². The summed E-state index contributed by atoms with van der Waals surface area (Å²) in [4.78, 5) is 0. The first-order valence-corrected chi connectivity index (χ1v) is 13.7. The normalized spacial score (nSPS) is 17.1. The van der Waals surface area contributed by atoms with E-state index < -0.39 is 20.5 Å². The van der Waals surface area contributed by atoms with E-state index in [1.165, 1.54) is 25.7 Å². The molecule has 0 saturated heterocycles. The summed E-state index contributed by atoms with van der Waals surface area (Å²) in [5.74, 6) is 1.16. The van der Waals surface area contributed by atoms with Gasteiger partial charge >= 0.3 is 8.25 Å². The molecule has 0 amide bonds. The van der Waals surface area contributed by atoms with Crippen LogP contribution in [-0.2, 0) is 13.6 Å². The van der Waals surface area contributed by atoms with Gasteiger partial charge in [0.15, 0.2) is 12.2 Å². The van der Waals surface area contributed by atoms with Gasteiger partial charge in [-0.05, 0) is 51.4 Å². The molecule has 4 unspecified atom stereocenters. The molecular weight excluding hydrogens is 427 g/mol. The fraction of sp³-hybridized carbons (Fsp3) is 0.917. The van der Waals surface area contributed by atoms with Crippen LogP contribution in [0.1, 0.15) is 119 Å². The van der Waals surface area contributed by atoms with Gasteiger partial charge in [0.25, 0.3) is 0 Å². The lowest BCUT2D eigenvalue weighted by atomic mass is 9.92. The summed E-state index contributed by atoms with van der Waals surface area (Å²) in [5, 5.41) is 25.6. The first-order valence-electron chi connectivity index (χ1n) is 12.6. The second-order valence-electron chi connectivity index (χ2n) is 8.81. The molecule has 7 nitrogen and oxygen atoms in total. The van der Waals surface area contributed by atoms with Crippen molar-refractivity contribution in [2.45, 2.75) is 131 Å². The Balaban J connectivity index is 4.62. The molecule has 4 atom stereocenters. The predicted molar refractivity (Wildman–Crippen MR) is 132 cm³/mol. The minimum Gasteiger partial charge on any atom is -0.411 e. The third kappa shape index (κ3) is 13.5. The maximum absolute atomic E-state index is 12.4. The van der Waals surface area contributed by atoms with Gasteiger partial charge in [-0.1, -0.05) is 89.4 Å². The molecule has 0 saturated carbocycles. The number of rotatable bonds is 20. The molecule has 0 aromatic heterocycles. The second kappa shape index (κ2) is 19.4. The molecule has 0 heterocycles. The van der Waals surface area contributed by atoms with Crippen LogP contribution in [0.3, 0.4) is 0 Å². The topological polar surface area (TPSA) is 101 Å². The highest BCUT2D eigenvalue weighted by Crippen LogP contribution is 2.31. The van der Waals surface area contributed by atoms with E-state index in [0.29, 0.717) is 36.1 Å². The first-order chi connectivity index (χ1) is 15.4. The van der Waals surface area contributed by atoms with Crippen LogP contribution in [0.25, 0.3) is 0 Å². The summed E-state index contributed by atoms with van der Waals surface area (Å²) >= 11 is 0. The fourth-order valence-electron chi connectivity index (χ4n) is 3.87. The summed E-state index contributed by atoms with van der Waals surface area (Å²) in [6.45, 7) is 12.1. The van der Waals surface area contributed by atoms with Crippen molar-refractivity contribution in [2.24, 2.45) is 22.1 Å². The summed E-state index contributed by atoms with van der Waals surface area (Å²) in [6, 6.07) is 0. The van der Waals surface area contributed by atoms with Crippen molar-refractivity contribution >= 4 is 19.7 Å². The van der Waals surface area contributed by atoms with E-state index in [9.17, 15) is 15.0 Å². The fourth-order valence-corrected chi connectivity index (χ4v) is 4.68. The molecule has 0 aliphatic carbocycles. The molecule has 0 aliphatic rings. The van der Waals surface area contributed by atoms with Gasteiger partial charge in [-0.3, -0.25) is 0 Å². The number of hydrogen-bond donors (Lipinski definition) is 2. The molecule has 0 rings (SSSR count). The van der Waals surface area contributed by atoms with Crippen molar-refractivity contribution in [3.8, 4) is 0 Å². The van der Waals surface area contributed by atoms with Gasteiger partial charge in [-0.15, -0.1) is 9.05 Å². The number of hydrogen-bond acceptors (Lipinski definition) is 7. The second-order valence-corrected chi connectivity index (χ2v) is 9.68. The highest BCUT2D eigenvalue weighted by atomic mass is 31.1. The van der Waals surface area contributed by atoms with E-state index in [-0.39, 0.29) is 0 Å². The number of unbranched alkanes of at least 4 members (excludes halogenated alkanes) is 2. The third-order valence-corrected chi connectivity index (χ3v) is 7.36. The molecular formula is C24H48N2O5P+. The zero-order valence-corrected chi connectivity index (χ0v) is 22.1. The Hall–Kier alpha value is -1.04. The standard InChI is InChI=1S/C24H47N2O5P/c1-7-11-13-21(9-3)15-17-23(25-27)19(5)30-32(29)31-20(6)24(26-28)18-16-22(10-4)14-12-8-2/h19-22H,7-18H2,1-6H3,(H-,27,28)/p+1. The van der Waals surface area contributed by atoms with E-state index >= 15 is 0 Å². The van der Waals surface area contributed by atoms with Crippen LogP contribution < -0.4 is 0 Å². The molecule has 0 fully saturated rings. The Morgan fingerprint density at radius 2 is 1.12 bits per heavy atom. The lowest BCUT2D eigenvalue weighted by molar-refractivity contribution is 0.189. The van der Waals surface area contributed by atoms with E-state index in [1.54, 1.807) is 13.8 Å². The van der Waals surface area contributed by atoms with E-state index in [2.05, 4.69) is 38.0 Å². The van der Waals surface area contributed by atoms with Gasteiger partial charge in [0.1, 0.15) is 0 Å². The SMILES string of the molecule is CCCCC(CC)CCC(=NO)C(C)O[P+](=O)OC(C)C(CCC(CC)CCCC)=NO. The minimum atomic E-state index is -2.45. The molecule has 32 heavy (non-hydrogen) atoms. The van der Waals surface area contributed by atoms with Gasteiger partial charge in [-0.2, -0.15) is 0 Å². The first kappa shape index (κ1) is 31.0. The Kier molecular flexibility index (Phi) is 18.8. The van der Waals surface area contributed by atoms with Crippen LogP contribution in [0.5, 0.6) is 0 Å². The van der Waals surface area contributed by atoms with Gasteiger partial charge in [0.05, 0.1) is 11.4 Å². The molecule has 0 radical (unpaired) electrons. The molecule has 0 aliphatic heterocycles. The molecule has 8 heteroatoms. The highest BCUT2D eigenvalue weighted by molar-refractivity contribution is 7.33. The smallest absolute Gasteiger partial charge is 0.411 e. The van der Waals surface area contributed by atoms with Crippen LogP contribution in [0.15, 0.2) is 10.3 Å². The maximum Gasteiger partial charge on any atom is 0.698 e. The highest BCUT2D eigenvalue weighted by Gasteiger charge is 2.33. The van der Waals surface area contributed by atoms with E-state index in [1.807, 2.05) is 0 Å². The summed E-state index contributed by atoms with van der Waals surface area (Å²) in [7, 11) is -2.45. The molecule has 0 bridgehead atoms. The predicted octanol–water partition coefficient (Wildman–Crippen LogP) is 8.11. The lowest BCUT2D eigenvalue weighted by Crippen LogP contribution is -2.22. The zero-order valence-electron chi connectivity index (χ0n) is 21.3. The van der Waals surface area contributed by atoms with E-state index in [4.69, 9.17) is 9.05 Å². The average molecular weight is 476 g/mol. The van der Waals surface area contributed by atoms with Gasteiger partial charge in [-0.25, -0.2) is 0 Å². The summed E-state index contributed by atoms with van der Waals surface area (Å²) < 4.78 is 23.4. The molecule has 0 aromatic carbocycles. The van der Waals surface area contributed by atoms with Crippen molar-refractivity contribution in [2.75, 3.05) is 0 Å². The summed E-state index contributed by atoms with van der Waals surface area (Å²) in [6.07, 6.45) is 11.0. The van der Waals surface area contributed by atoms with Crippen molar-refractivity contribution in [3.63, 3.8) is 0 Å². The Labute approximate surface area is 197 Å². The summed E-state index contributed by atoms with van der Waals surface area (Å²) in [5.41, 5.74) is 0.939. The lowest BCUT2D eigenvalue weighted by Gasteiger charge is -2.16. The Morgan fingerprint density at radius 3 is 1.41 bits per heavy atom. The van der Waals surface area contributed by atoms with Crippen LogP contribution in [-0.4, -0.2) is 34.0 Å². The van der Waals surface area contributed by atoms with Crippen LogP contribution in [0, 0.1) is 11.8 Å². The number of oxime groups is 2. The van der Waals surface area contributed by atoms with Gasteiger partial charge in [0, 0.05) is 4.57 Å². The van der Waals surface area contributed by atoms with Crippen LogP contribution in [0.2, 0.25) is 0 Å². The molecule has 0 spiro atoms. The quantitative estimate of drug-likeness (QED) is 0.0801.